The molecule has 0 aromatic heterocycles. The summed E-state index contributed by atoms with van der Waals surface area (Å²) in [5.41, 5.74) is 0.398. The SMILES string of the molecule is CC(=O)C1C(=O)c2ccc(C(=O)c3ccc4c(c3)C(=O)C(C(C)=O)C4=O)cc2C1=O. The summed E-state index contributed by atoms with van der Waals surface area (Å²) in [5.74, 6) is -6.86. The summed E-state index contributed by atoms with van der Waals surface area (Å²) in [7, 11) is 0. The zero-order chi connectivity index (χ0) is 21.9. The van der Waals surface area contributed by atoms with Crippen molar-refractivity contribution < 1.29 is 33.6 Å². The minimum atomic E-state index is -1.38. The molecule has 2 aliphatic rings. The average Bonchev–Trinajstić information content (AvgIpc) is 3.11. The van der Waals surface area contributed by atoms with E-state index in [0.29, 0.717) is 0 Å². The molecule has 0 N–H and O–H groups in total. The molecule has 0 aliphatic heterocycles. The topological polar surface area (TPSA) is 119 Å². The van der Waals surface area contributed by atoms with E-state index in [1.807, 2.05) is 0 Å². The number of carbonyl (C=O) groups excluding carboxylic acids is 7. The summed E-state index contributed by atoms with van der Waals surface area (Å²) in [6.07, 6.45) is 0. The monoisotopic (exact) mass is 402 g/mol. The number of hydrogen-bond acceptors (Lipinski definition) is 7. The predicted molar refractivity (Wildman–Crippen MR) is 102 cm³/mol. The quantitative estimate of drug-likeness (QED) is 0.567. The van der Waals surface area contributed by atoms with Crippen LogP contribution in [0, 0.1) is 11.8 Å². The molecule has 0 radical (unpaired) electrons. The smallest absolute Gasteiger partial charge is 0.193 e. The van der Waals surface area contributed by atoms with Gasteiger partial charge in [-0.3, -0.25) is 33.6 Å². The van der Waals surface area contributed by atoms with Crippen LogP contribution in [0.5, 0.6) is 0 Å². The lowest BCUT2D eigenvalue weighted by molar-refractivity contribution is -0.119. The Labute approximate surface area is 170 Å². The predicted octanol–water partition coefficient (Wildman–Crippen LogP) is 2.09. The number of carbonyl (C=O) groups is 7. The van der Waals surface area contributed by atoms with E-state index in [-0.39, 0.29) is 33.4 Å². The van der Waals surface area contributed by atoms with Crippen LogP contribution in [0.25, 0.3) is 0 Å². The Bertz CT molecular complexity index is 1150. The second-order valence-electron chi connectivity index (χ2n) is 7.39. The summed E-state index contributed by atoms with van der Waals surface area (Å²) in [4.78, 5) is 85.5. The fourth-order valence-corrected chi connectivity index (χ4v) is 3.97. The van der Waals surface area contributed by atoms with Gasteiger partial charge in [0.1, 0.15) is 23.4 Å². The molecule has 7 heteroatoms. The van der Waals surface area contributed by atoms with Crippen LogP contribution in [0.4, 0.5) is 0 Å². The molecule has 7 nitrogen and oxygen atoms in total. The molecule has 0 spiro atoms. The van der Waals surface area contributed by atoms with E-state index in [2.05, 4.69) is 0 Å². The van der Waals surface area contributed by atoms with Gasteiger partial charge in [-0.15, -0.1) is 0 Å². The molecule has 0 amide bonds. The van der Waals surface area contributed by atoms with Gasteiger partial charge in [0, 0.05) is 33.4 Å². The number of benzene rings is 2. The highest BCUT2D eigenvalue weighted by molar-refractivity contribution is 6.36. The maximum atomic E-state index is 12.9. The minimum Gasteiger partial charge on any atom is -0.299 e. The van der Waals surface area contributed by atoms with Crippen LogP contribution in [-0.4, -0.2) is 40.5 Å². The molecule has 2 aromatic rings. The standard InChI is InChI=1S/C23H14O7/c1-9(24)17-20(27)13-5-3-11(7-15(13)22(17)29)19(26)12-4-6-14-16(8-12)23(30)18(10(2)25)21(14)28/h3-8,17-18H,1-2H3. The second kappa shape index (κ2) is 6.59. The van der Waals surface area contributed by atoms with E-state index in [0.717, 1.165) is 13.8 Å². The minimum absolute atomic E-state index is 0.00936. The van der Waals surface area contributed by atoms with E-state index in [9.17, 15) is 33.6 Å². The molecular weight excluding hydrogens is 388 g/mol. The van der Waals surface area contributed by atoms with Crippen LogP contribution in [0.2, 0.25) is 0 Å². The highest BCUT2D eigenvalue weighted by atomic mass is 16.2. The van der Waals surface area contributed by atoms with E-state index in [1.165, 1.54) is 36.4 Å². The lowest BCUT2D eigenvalue weighted by Crippen LogP contribution is -2.22. The first-order valence-corrected chi connectivity index (χ1v) is 9.14. The maximum Gasteiger partial charge on any atom is 0.193 e. The van der Waals surface area contributed by atoms with Crippen molar-refractivity contribution in [3.8, 4) is 0 Å². The van der Waals surface area contributed by atoms with Crippen molar-refractivity contribution in [3.63, 3.8) is 0 Å². The molecule has 2 unspecified atom stereocenters. The lowest BCUT2D eigenvalue weighted by Gasteiger charge is -2.05. The third-order valence-electron chi connectivity index (χ3n) is 5.49. The van der Waals surface area contributed by atoms with E-state index < -0.39 is 52.3 Å². The second-order valence-corrected chi connectivity index (χ2v) is 7.39. The Morgan fingerprint density at radius 2 is 0.900 bits per heavy atom. The van der Waals surface area contributed by atoms with Crippen LogP contribution in [-0.2, 0) is 9.59 Å². The first kappa shape index (κ1) is 19.4. The van der Waals surface area contributed by atoms with Crippen molar-refractivity contribution >= 4 is 40.5 Å². The number of Topliss-reactive ketones (excluding diaryl/α,β-unsaturated/α-hetero) is 6. The van der Waals surface area contributed by atoms with Crippen LogP contribution >= 0.6 is 0 Å². The first-order chi connectivity index (χ1) is 14.1. The van der Waals surface area contributed by atoms with Gasteiger partial charge in [0.25, 0.3) is 0 Å². The Hall–Kier alpha value is -3.87. The summed E-state index contributed by atoms with van der Waals surface area (Å²) in [5, 5.41) is 0. The van der Waals surface area contributed by atoms with Crippen LogP contribution in [0.3, 0.4) is 0 Å². The van der Waals surface area contributed by atoms with Crippen molar-refractivity contribution in [2.75, 3.05) is 0 Å². The third-order valence-corrected chi connectivity index (χ3v) is 5.49. The highest BCUT2D eigenvalue weighted by Crippen LogP contribution is 2.31. The van der Waals surface area contributed by atoms with Gasteiger partial charge in [-0.1, -0.05) is 12.1 Å². The van der Waals surface area contributed by atoms with Gasteiger partial charge in [-0.05, 0) is 38.1 Å². The van der Waals surface area contributed by atoms with Crippen molar-refractivity contribution in [2.45, 2.75) is 13.8 Å². The zero-order valence-corrected chi connectivity index (χ0v) is 16.0. The Morgan fingerprint density at radius 1 is 0.567 bits per heavy atom. The fraction of sp³-hybridized carbons (Fsp3) is 0.174. The third kappa shape index (κ3) is 2.62. The first-order valence-electron chi connectivity index (χ1n) is 9.14. The number of ketones is 7. The molecule has 0 fully saturated rings. The van der Waals surface area contributed by atoms with Crippen molar-refractivity contribution in [2.24, 2.45) is 11.8 Å². The molecule has 0 saturated heterocycles. The van der Waals surface area contributed by atoms with Gasteiger partial charge >= 0.3 is 0 Å². The molecular formula is C23H14O7. The molecule has 2 aromatic carbocycles. The molecule has 0 heterocycles. The van der Waals surface area contributed by atoms with Crippen LogP contribution < -0.4 is 0 Å². The highest BCUT2D eigenvalue weighted by Gasteiger charge is 2.43. The van der Waals surface area contributed by atoms with E-state index in [4.69, 9.17) is 0 Å². The van der Waals surface area contributed by atoms with Gasteiger partial charge < -0.3 is 0 Å². The van der Waals surface area contributed by atoms with Gasteiger partial charge in [-0.2, -0.15) is 0 Å². The Morgan fingerprint density at radius 3 is 1.23 bits per heavy atom. The van der Waals surface area contributed by atoms with Crippen molar-refractivity contribution in [1.82, 2.24) is 0 Å². The normalized spacial score (nSPS) is 19.7. The fourth-order valence-electron chi connectivity index (χ4n) is 3.97. The van der Waals surface area contributed by atoms with E-state index in [1.54, 1.807) is 0 Å². The van der Waals surface area contributed by atoms with Crippen molar-refractivity contribution in [1.29, 1.82) is 0 Å². The summed E-state index contributed by atoms with van der Waals surface area (Å²) >= 11 is 0. The molecule has 30 heavy (non-hydrogen) atoms. The Balaban J connectivity index is 1.72. The van der Waals surface area contributed by atoms with E-state index >= 15 is 0 Å². The van der Waals surface area contributed by atoms with Gasteiger partial charge in [-0.25, -0.2) is 0 Å². The number of hydrogen-bond donors (Lipinski definition) is 0. The maximum absolute atomic E-state index is 12.9. The lowest BCUT2D eigenvalue weighted by atomic mass is 9.96. The molecule has 0 saturated carbocycles. The summed E-state index contributed by atoms with van der Waals surface area (Å²) in [6, 6.07) is 7.93. The van der Waals surface area contributed by atoms with Gasteiger partial charge in [0.2, 0.25) is 0 Å². The number of fused-ring (bicyclic) bond motifs is 2. The van der Waals surface area contributed by atoms with Gasteiger partial charge in [0.05, 0.1) is 0 Å². The van der Waals surface area contributed by atoms with Gasteiger partial charge in [0.15, 0.2) is 28.9 Å². The summed E-state index contributed by atoms with van der Waals surface area (Å²) in [6.45, 7) is 2.32. The molecule has 2 atom stereocenters. The number of rotatable bonds is 4. The largest absolute Gasteiger partial charge is 0.299 e. The zero-order valence-electron chi connectivity index (χ0n) is 16.0. The van der Waals surface area contributed by atoms with Crippen molar-refractivity contribution in [3.05, 3.63) is 69.8 Å². The molecule has 148 valence electrons. The molecule has 2 aliphatic carbocycles. The average molecular weight is 402 g/mol. The Kier molecular flexibility index (Phi) is 4.27. The molecule has 4 rings (SSSR count). The van der Waals surface area contributed by atoms with Crippen LogP contribution in [0.15, 0.2) is 36.4 Å². The molecule has 0 bridgehead atoms. The summed E-state index contributed by atoms with van der Waals surface area (Å²) < 4.78 is 0. The van der Waals surface area contributed by atoms with Crippen LogP contribution in [0.1, 0.15) is 71.2 Å².